The van der Waals surface area contributed by atoms with Crippen molar-refractivity contribution in [2.24, 2.45) is 0 Å². The minimum Gasteiger partial charge on any atom is -0.457 e. The van der Waals surface area contributed by atoms with Crippen molar-refractivity contribution in [2.75, 3.05) is 25.5 Å². The monoisotopic (exact) mass is 457 g/mol. The van der Waals surface area contributed by atoms with Gasteiger partial charge in [0.2, 0.25) is 0 Å². The van der Waals surface area contributed by atoms with E-state index in [1.165, 1.54) is 0 Å². The van der Waals surface area contributed by atoms with Crippen molar-refractivity contribution in [1.82, 2.24) is 15.6 Å². The van der Waals surface area contributed by atoms with E-state index in [2.05, 4.69) is 20.9 Å². The molecule has 1 aliphatic rings. The summed E-state index contributed by atoms with van der Waals surface area (Å²) in [4.78, 5) is 17.3. The molecule has 0 aliphatic carbocycles. The summed E-state index contributed by atoms with van der Waals surface area (Å²) in [5.74, 6) is 1.31. The van der Waals surface area contributed by atoms with E-state index in [0.29, 0.717) is 22.8 Å². The summed E-state index contributed by atoms with van der Waals surface area (Å²) in [7, 11) is 1.83. The molecule has 4 N–H and O–H groups in total. The summed E-state index contributed by atoms with van der Waals surface area (Å²) in [5, 5.41) is 17.5. The number of amides is 1. The van der Waals surface area contributed by atoms with Gasteiger partial charge < -0.3 is 26.1 Å². The second kappa shape index (κ2) is 10.5. The highest BCUT2D eigenvalue weighted by molar-refractivity contribution is 6.01. The summed E-state index contributed by atoms with van der Waals surface area (Å²) in [5.41, 5.74) is 5.46. The van der Waals surface area contributed by atoms with Gasteiger partial charge in [0.15, 0.2) is 0 Å². The van der Waals surface area contributed by atoms with Crippen LogP contribution in [-0.4, -0.2) is 42.8 Å². The SMILES string of the molecule is CNc1cc(Oc2ccnc(-c3ccc(C(=O)NC4CCNCC4)c(C)c3)c2)ccc1C(C)=N. The molecule has 3 aromatic rings. The maximum atomic E-state index is 12.8. The molecular weight excluding hydrogens is 426 g/mol. The van der Waals surface area contributed by atoms with E-state index < -0.39 is 0 Å². The number of benzene rings is 2. The average Bonchev–Trinajstić information content (AvgIpc) is 2.84. The van der Waals surface area contributed by atoms with E-state index in [-0.39, 0.29) is 11.9 Å². The highest BCUT2D eigenvalue weighted by Gasteiger charge is 2.18. The Kier molecular flexibility index (Phi) is 7.23. The lowest BCUT2D eigenvalue weighted by atomic mass is 10.0. The summed E-state index contributed by atoms with van der Waals surface area (Å²) in [6.07, 6.45) is 3.63. The molecule has 0 unspecified atom stereocenters. The molecule has 1 amide bonds. The van der Waals surface area contributed by atoms with Gasteiger partial charge in [-0.15, -0.1) is 0 Å². The molecule has 34 heavy (non-hydrogen) atoms. The molecule has 7 nitrogen and oxygen atoms in total. The van der Waals surface area contributed by atoms with E-state index in [9.17, 15) is 4.79 Å². The number of carbonyl (C=O) groups excluding carboxylic acids is 1. The van der Waals surface area contributed by atoms with E-state index in [4.69, 9.17) is 10.1 Å². The minimum atomic E-state index is -0.0232. The van der Waals surface area contributed by atoms with Gasteiger partial charge in [0, 0.05) is 59.5 Å². The third-order valence-electron chi connectivity index (χ3n) is 6.07. The summed E-state index contributed by atoms with van der Waals surface area (Å²) >= 11 is 0. The first kappa shape index (κ1) is 23.4. The van der Waals surface area contributed by atoms with Crippen molar-refractivity contribution >= 4 is 17.3 Å². The Labute approximate surface area is 200 Å². The summed E-state index contributed by atoms with van der Waals surface area (Å²) in [6, 6.07) is 15.3. The number of ether oxygens (including phenoxy) is 1. The van der Waals surface area contributed by atoms with Crippen molar-refractivity contribution < 1.29 is 9.53 Å². The first-order valence-electron chi connectivity index (χ1n) is 11.6. The van der Waals surface area contributed by atoms with Crippen molar-refractivity contribution in [3.63, 3.8) is 0 Å². The molecule has 1 fully saturated rings. The largest absolute Gasteiger partial charge is 0.457 e. The van der Waals surface area contributed by atoms with Crippen LogP contribution in [0, 0.1) is 12.3 Å². The lowest BCUT2D eigenvalue weighted by Crippen LogP contribution is -2.42. The molecule has 7 heteroatoms. The lowest BCUT2D eigenvalue weighted by molar-refractivity contribution is 0.0929. The van der Waals surface area contributed by atoms with Crippen LogP contribution < -0.4 is 20.7 Å². The smallest absolute Gasteiger partial charge is 0.251 e. The van der Waals surface area contributed by atoms with Crippen LogP contribution in [0.5, 0.6) is 11.5 Å². The number of hydrogen-bond acceptors (Lipinski definition) is 6. The van der Waals surface area contributed by atoms with Gasteiger partial charge in [0.1, 0.15) is 11.5 Å². The molecular formula is C27H31N5O2. The van der Waals surface area contributed by atoms with E-state index in [1.54, 1.807) is 13.1 Å². The van der Waals surface area contributed by atoms with Gasteiger partial charge in [0.05, 0.1) is 5.69 Å². The Morgan fingerprint density at radius 3 is 2.50 bits per heavy atom. The van der Waals surface area contributed by atoms with Crippen LogP contribution in [0.15, 0.2) is 54.7 Å². The molecule has 2 heterocycles. The summed E-state index contributed by atoms with van der Waals surface area (Å²) < 4.78 is 6.07. The van der Waals surface area contributed by atoms with Crippen LogP contribution in [0.3, 0.4) is 0 Å². The molecule has 1 aromatic heterocycles. The maximum absolute atomic E-state index is 12.8. The highest BCUT2D eigenvalue weighted by Crippen LogP contribution is 2.30. The van der Waals surface area contributed by atoms with Gasteiger partial charge in [-0.05, 0) is 75.7 Å². The van der Waals surface area contributed by atoms with E-state index in [0.717, 1.165) is 54.0 Å². The molecule has 0 radical (unpaired) electrons. The van der Waals surface area contributed by atoms with E-state index in [1.807, 2.05) is 62.5 Å². The molecule has 4 rings (SSSR count). The van der Waals surface area contributed by atoms with Crippen LogP contribution in [0.1, 0.15) is 41.3 Å². The third-order valence-corrected chi connectivity index (χ3v) is 6.07. The topological polar surface area (TPSA) is 99.1 Å². The van der Waals surface area contributed by atoms with Gasteiger partial charge in [0.25, 0.3) is 5.91 Å². The zero-order valence-corrected chi connectivity index (χ0v) is 19.9. The fraction of sp³-hybridized carbons (Fsp3) is 0.296. The lowest BCUT2D eigenvalue weighted by Gasteiger charge is -2.24. The highest BCUT2D eigenvalue weighted by atomic mass is 16.5. The Bertz CT molecular complexity index is 1200. The minimum absolute atomic E-state index is 0.0232. The van der Waals surface area contributed by atoms with Gasteiger partial charge in [-0.1, -0.05) is 6.07 Å². The number of rotatable bonds is 7. The number of anilines is 1. The molecule has 1 aliphatic heterocycles. The Balaban J connectivity index is 1.50. The van der Waals surface area contributed by atoms with E-state index >= 15 is 0 Å². The fourth-order valence-corrected chi connectivity index (χ4v) is 4.20. The molecule has 176 valence electrons. The van der Waals surface area contributed by atoms with Crippen LogP contribution >= 0.6 is 0 Å². The zero-order chi connectivity index (χ0) is 24.1. The number of piperidine rings is 1. The molecule has 0 spiro atoms. The normalized spacial score (nSPS) is 13.9. The first-order valence-corrected chi connectivity index (χ1v) is 11.6. The number of carbonyl (C=O) groups is 1. The molecule has 1 saturated heterocycles. The van der Waals surface area contributed by atoms with Crippen molar-refractivity contribution in [2.45, 2.75) is 32.7 Å². The van der Waals surface area contributed by atoms with Gasteiger partial charge in [-0.2, -0.15) is 0 Å². The van der Waals surface area contributed by atoms with Crippen LogP contribution in [0.4, 0.5) is 5.69 Å². The maximum Gasteiger partial charge on any atom is 0.251 e. The molecule has 0 saturated carbocycles. The average molecular weight is 458 g/mol. The Morgan fingerprint density at radius 1 is 1.06 bits per heavy atom. The predicted molar refractivity (Wildman–Crippen MR) is 136 cm³/mol. The quantitative estimate of drug-likeness (QED) is 0.384. The Hall–Kier alpha value is -3.71. The molecule has 2 aromatic carbocycles. The second-order valence-electron chi connectivity index (χ2n) is 8.59. The number of nitrogens with zero attached hydrogens (tertiary/aromatic N) is 1. The second-order valence-corrected chi connectivity index (χ2v) is 8.59. The van der Waals surface area contributed by atoms with Crippen molar-refractivity contribution in [3.8, 4) is 22.8 Å². The van der Waals surface area contributed by atoms with Crippen molar-refractivity contribution in [3.05, 3.63) is 71.4 Å². The standard InChI is InChI=1S/C27H31N5O2/c1-17-14-19(4-6-23(17)27(33)32-20-8-11-30-12-9-20)25-15-22(10-13-31-25)34-21-5-7-24(18(2)28)26(16-21)29-3/h4-7,10,13-16,20,28-30H,8-9,11-12H2,1-3H3,(H,32,33). The number of nitrogens with one attached hydrogen (secondary N) is 4. The fourth-order valence-electron chi connectivity index (χ4n) is 4.20. The van der Waals surface area contributed by atoms with Crippen LogP contribution in [0.2, 0.25) is 0 Å². The number of hydrogen-bond donors (Lipinski definition) is 4. The molecule has 0 bridgehead atoms. The van der Waals surface area contributed by atoms with Gasteiger partial charge >= 0.3 is 0 Å². The van der Waals surface area contributed by atoms with Crippen LogP contribution in [0.25, 0.3) is 11.3 Å². The number of aryl methyl sites for hydroxylation is 1. The predicted octanol–water partition coefficient (Wildman–Crippen LogP) is 4.76. The van der Waals surface area contributed by atoms with Crippen LogP contribution in [-0.2, 0) is 0 Å². The zero-order valence-electron chi connectivity index (χ0n) is 19.9. The van der Waals surface area contributed by atoms with Gasteiger partial charge in [-0.3, -0.25) is 9.78 Å². The first-order chi connectivity index (χ1) is 16.4. The Morgan fingerprint density at radius 2 is 1.79 bits per heavy atom. The van der Waals surface area contributed by atoms with Crippen molar-refractivity contribution in [1.29, 1.82) is 5.41 Å². The van der Waals surface area contributed by atoms with Gasteiger partial charge in [-0.25, -0.2) is 0 Å². The third kappa shape index (κ3) is 5.43. The molecule has 0 atom stereocenters. The number of pyridine rings is 1. The summed E-state index contributed by atoms with van der Waals surface area (Å²) in [6.45, 7) is 5.59. The number of aromatic nitrogens is 1.